The summed E-state index contributed by atoms with van der Waals surface area (Å²) in [6.07, 6.45) is -2.18. The van der Waals surface area contributed by atoms with E-state index in [1.807, 2.05) is 18.2 Å². The predicted octanol–water partition coefficient (Wildman–Crippen LogP) is 0.253. The van der Waals surface area contributed by atoms with E-state index in [9.17, 15) is 19.5 Å². The molecule has 0 aliphatic heterocycles. The molecule has 0 bridgehead atoms. The van der Waals surface area contributed by atoms with Crippen LogP contribution in [-0.4, -0.2) is 46.9 Å². The Bertz CT molecular complexity index is 534. The number of hydrogen-bond acceptors (Lipinski definition) is 5. The van der Waals surface area contributed by atoms with Crippen LogP contribution < -0.4 is 10.6 Å². The highest BCUT2D eigenvalue weighted by Gasteiger charge is 2.17. The fourth-order valence-electron chi connectivity index (χ4n) is 1.62. The van der Waals surface area contributed by atoms with Crippen LogP contribution in [0.2, 0.25) is 0 Å². The van der Waals surface area contributed by atoms with Crippen LogP contribution in [0, 0.1) is 0 Å². The van der Waals surface area contributed by atoms with Gasteiger partial charge in [-0.1, -0.05) is 30.3 Å². The standard InChI is InChI=1S/C15H20N2O6/c1-10(14(20)21)17-13(19)7-12(18)8-16-15(22)23-9-11-5-3-2-4-6-11/h2-6,10,12,18H,7-9H2,1H3,(H,16,22)(H,17,19)(H,20,21)/t10-,12+/m0/s1. The number of alkyl carbamates (subject to hydrolysis) is 1. The topological polar surface area (TPSA) is 125 Å². The van der Waals surface area contributed by atoms with E-state index in [0.717, 1.165) is 5.56 Å². The molecule has 0 aliphatic rings. The number of carbonyl (C=O) groups excluding carboxylic acids is 2. The van der Waals surface area contributed by atoms with Crippen LogP contribution in [0.5, 0.6) is 0 Å². The number of aliphatic carboxylic acids is 1. The van der Waals surface area contributed by atoms with Gasteiger partial charge in [0.25, 0.3) is 0 Å². The van der Waals surface area contributed by atoms with Crippen LogP contribution in [0.3, 0.4) is 0 Å². The second-order valence-corrected chi connectivity index (χ2v) is 4.93. The first-order valence-corrected chi connectivity index (χ1v) is 7.03. The molecule has 8 heteroatoms. The molecule has 1 aromatic rings. The fraction of sp³-hybridized carbons (Fsp3) is 0.400. The van der Waals surface area contributed by atoms with Gasteiger partial charge >= 0.3 is 12.1 Å². The van der Waals surface area contributed by atoms with Crippen LogP contribution >= 0.6 is 0 Å². The van der Waals surface area contributed by atoms with Gasteiger partial charge in [0.1, 0.15) is 12.6 Å². The quantitative estimate of drug-likeness (QED) is 0.543. The molecule has 0 radical (unpaired) electrons. The summed E-state index contributed by atoms with van der Waals surface area (Å²) in [5.74, 6) is -1.79. The van der Waals surface area contributed by atoms with Crippen molar-refractivity contribution < 1.29 is 29.3 Å². The molecule has 0 aromatic heterocycles. The van der Waals surface area contributed by atoms with Crippen molar-refractivity contribution in [1.29, 1.82) is 0 Å². The summed E-state index contributed by atoms with van der Waals surface area (Å²) in [7, 11) is 0. The average molecular weight is 324 g/mol. The number of hydrogen-bond donors (Lipinski definition) is 4. The molecule has 4 N–H and O–H groups in total. The first-order chi connectivity index (χ1) is 10.9. The van der Waals surface area contributed by atoms with Gasteiger partial charge in [0.2, 0.25) is 5.91 Å². The molecular weight excluding hydrogens is 304 g/mol. The molecule has 0 saturated carbocycles. The molecule has 1 rings (SSSR count). The second kappa shape index (κ2) is 9.42. The molecule has 2 amide bonds. The molecule has 126 valence electrons. The van der Waals surface area contributed by atoms with Gasteiger partial charge in [-0.15, -0.1) is 0 Å². The van der Waals surface area contributed by atoms with E-state index in [4.69, 9.17) is 9.84 Å². The van der Waals surface area contributed by atoms with Crippen molar-refractivity contribution in [2.75, 3.05) is 6.54 Å². The zero-order valence-electron chi connectivity index (χ0n) is 12.7. The Morgan fingerprint density at radius 1 is 1.22 bits per heavy atom. The van der Waals surface area contributed by atoms with Crippen LogP contribution in [0.25, 0.3) is 0 Å². The first kappa shape index (κ1) is 18.4. The number of ether oxygens (including phenoxy) is 1. The van der Waals surface area contributed by atoms with Crippen molar-refractivity contribution in [2.24, 2.45) is 0 Å². The third-order valence-electron chi connectivity index (χ3n) is 2.86. The Hall–Kier alpha value is -2.61. The Labute approximate surface area is 133 Å². The smallest absolute Gasteiger partial charge is 0.407 e. The number of aliphatic hydroxyl groups is 1. The van der Waals surface area contributed by atoms with E-state index in [1.54, 1.807) is 12.1 Å². The van der Waals surface area contributed by atoms with Crippen molar-refractivity contribution in [1.82, 2.24) is 10.6 Å². The summed E-state index contributed by atoms with van der Waals surface area (Å²) < 4.78 is 4.94. The van der Waals surface area contributed by atoms with E-state index < -0.39 is 30.1 Å². The summed E-state index contributed by atoms with van der Waals surface area (Å²) in [4.78, 5) is 33.5. The lowest BCUT2D eigenvalue weighted by Gasteiger charge is -2.14. The van der Waals surface area contributed by atoms with Crippen molar-refractivity contribution in [3.63, 3.8) is 0 Å². The molecular formula is C15H20N2O6. The minimum atomic E-state index is -1.17. The molecule has 1 aromatic carbocycles. The van der Waals surface area contributed by atoms with Crippen molar-refractivity contribution in [2.45, 2.75) is 32.1 Å². The van der Waals surface area contributed by atoms with E-state index >= 15 is 0 Å². The van der Waals surface area contributed by atoms with E-state index in [0.29, 0.717) is 0 Å². The molecule has 0 spiro atoms. The highest BCUT2D eigenvalue weighted by atomic mass is 16.5. The van der Waals surface area contributed by atoms with Gasteiger partial charge in [0.15, 0.2) is 0 Å². The number of rotatable bonds is 8. The summed E-state index contributed by atoms with van der Waals surface area (Å²) >= 11 is 0. The number of nitrogens with one attached hydrogen (secondary N) is 2. The third kappa shape index (κ3) is 7.82. The van der Waals surface area contributed by atoms with Gasteiger partial charge in [-0.3, -0.25) is 9.59 Å². The highest BCUT2D eigenvalue weighted by Crippen LogP contribution is 2.00. The highest BCUT2D eigenvalue weighted by molar-refractivity contribution is 5.83. The molecule has 0 unspecified atom stereocenters. The predicted molar refractivity (Wildman–Crippen MR) is 80.5 cm³/mol. The molecule has 23 heavy (non-hydrogen) atoms. The number of carboxylic acids is 1. The maximum atomic E-state index is 11.5. The largest absolute Gasteiger partial charge is 0.480 e. The minimum Gasteiger partial charge on any atom is -0.480 e. The van der Waals surface area contributed by atoms with Gasteiger partial charge in [0, 0.05) is 6.54 Å². The monoisotopic (exact) mass is 324 g/mol. The molecule has 0 aliphatic carbocycles. The van der Waals surface area contributed by atoms with Gasteiger partial charge < -0.3 is 25.6 Å². The Kier molecular flexibility index (Phi) is 7.55. The molecule has 0 heterocycles. The number of carbonyl (C=O) groups is 3. The Morgan fingerprint density at radius 2 is 1.87 bits per heavy atom. The number of carboxylic acid groups (broad SMARTS) is 1. The first-order valence-electron chi connectivity index (χ1n) is 7.03. The number of benzene rings is 1. The van der Waals surface area contributed by atoms with E-state index in [1.165, 1.54) is 6.92 Å². The molecule has 0 saturated heterocycles. The normalized spacial score (nSPS) is 12.8. The summed E-state index contributed by atoms with van der Waals surface area (Å²) in [6.45, 7) is 1.23. The van der Waals surface area contributed by atoms with Crippen LogP contribution in [-0.2, 0) is 20.9 Å². The third-order valence-corrected chi connectivity index (χ3v) is 2.86. The maximum Gasteiger partial charge on any atom is 0.407 e. The molecule has 8 nitrogen and oxygen atoms in total. The molecule has 2 atom stereocenters. The SMILES string of the molecule is C[C@H](NC(=O)C[C@@H](O)CNC(=O)OCc1ccccc1)C(=O)O. The van der Waals surface area contributed by atoms with Gasteiger partial charge in [-0.25, -0.2) is 4.79 Å². The van der Waals surface area contributed by atoms with Crippen molar-refractivity contribution in [3.8, 4) is 0 Å². The van der Waals surface area contributed by atoms with Gasteiger partial charge in [-0.2, -0.15) is 0 Å². The lowest BCUT2D eigenvalue weighted by atomic mass is 10.2. The minimum absolute atomic E-state index is 0.0966. The van der Waals surface area contributed by atoms with Crippen molar-refractivity contribution >= 4 is 18.0 Å². The number of aliphatic hydroxyl groups excluding tert-OH is 1. The second-order valence-electron chi connectivity index (χ2n) is 4.93. The summed E-state index contributed by atoms with van der Waals surface area (Å²) in [6, 6.07) is 8.04. The van der Waals surface area contributed by atoms with E-state index in [-0.39, 0.29) is 19.6 Å². The van der Waals surface area contributed by atoms with Crippen LogP contribution in [0.1, 0.15) is 18.9 Å². The zero-order chi connectivity index (χ0) is 17.2. The lowest BCUT2D eigenvalue weighted by molar-refractivity contribution is -0.141. The Balaban J connectivity index is 2.22. The number of amides is 2. The van der Waals surface area contributed by atoms with E-state index in [2.05, 4.69) is 10.6 Å². The van der Waals surface area contributed by atoms with Crippen molar-refractivity contribution in [3.05, 3.63) is 35.9 Å². The average Bonchev–Trinajstić information content (AvgIpc) is 2.51. The maximum absolute atomic E-state index is 11.5. The fourth-order valence-corrected chi connectivity index (χ4v) is 1.62. The van der Waals surface area contributed by atoms with Gasteiger partial charge in [0.05, 0.1) is 12.5 Å². The lowest BCUT2D eigenvalue weighted by Crippen LogP contribution is -2.41. The Morgan fingerprint density at radius 3 is 2.48 bits per heavy atom. The zero-order valence-corrected chi connectivity index (χ0v) is 12.7. The summed E-state index contributed by atoms with van der Waals surface area (Å²) in [5.41, 5.74) is 0.824. The summed E-state index contributed by atoms with van der Waals surface area (Å²) in [5, 5.41) is 22.8. The van der Waals surface area contributed by atoms with Crippen LogP contribution in [0.15, 0.2) is 30.3 Å². The molecule has 0 fully saturated rings. The van der Waals surface area contributed by atoms with Crippen LogP contribution in [0.4, 0.5) is 4.79 Å². The van der Waals surface area contributed by atoms with Gasteiger partial charge in [-0.05, 0) is 12.5 Å².